The summed E-state index contributed by atoms with van der Waals surface area (Å²) in [5.74, 6) is -0.0265. The quantitative estimate of drug-likeness (QED) is 0.828. The standard InChI is InChI=1S/C12H14N4O2/c1-8(17)10-6-9(7-16(10)3)14-12(18)11-13-4-5-15(11)2/h4-7H,1-3H3,(H,14,18). The maximum Gasteiger partial charge on any atom is 0.291 e. The Hall–Kier alpha value is -2.37. The monoisotopic (exact) mass is 246 g/mol. The first-order chi connectivity index (χ1) is 8.49. The van der Waals surface area contributed by atoms with Crippen molar-refractivity contribution in [2.45, 2.75) is 6.92 Å². The summed E-state index contributed by atoms with van der Waals surface area (Å²) in [6.07, 6.45) is 4.94. The van der Waals surface area contributed by atoms with Gasteiger partial charge in [0.2, 0.25) is 0 Å². The number of nitrogens with zero attached hydrogens (tertiary/aromatic N) is 3. The van der Waals surface area contributed by atoms with Gasteiger partial charge in [-0.25, -0.2) is 4.98 Å². The second-order valence-electron chi connectivity index (χ2n) is 4.10. The summed E-state index contributed by atoms with van der Waals surface area (Å²) >= 11 is 0. The molecule has 2 aromatic heterocycles. The van der Waals surface area contributed by atoms with Crippen LogP contribution in [0.15, 0.2) is 24.7 Å². The molecule has 0 fully saturated rings. The first kappa shape index (κ1) is 12.1. The van der Waals surface area contributed by atoms with Crippen molar-refractivity contribution < 1.29 is 9.59 Å². The van der Waals surface area contributed by atoms with Gasteiger partial charge in [0.05, 0.1) is 11.4 Å². The van der Waals surface area contributed by atoms with E-state index in [1.807, 2.05) is 0 Å². The third kappa shape index (κ3) is 2.17. The van der Waals surface area contributed by atoms with Crippen LogP contribution >= 0.6 is 0 Å². The first-order valence-corrected chi connectivity index (χ1v) is 5.45. The Kier molecular flexibility index (Phi) is 3.01. The lowest BCUT2D eigenvalue weighted by molar-refractivity contribution is 0.0998. The predicted octanol–water partition coefficient (Wildman–Crippen LogP) is 1.21. The SMILES string of the molecule is CC(=O)c1cc(NC(=O)c2nccn2C)cn1C. The lowest BCUT2D eigenvalue weighted by Gasteiger charge is -2.01. The molecule has 0 aliphatic carbocycles. The summed E-state index contributed by atoms with van der Waals surface area (Å²) in [4.78, 5) is 27.1. The van der Waals surface area contributed by atoms with Gasteiger partial charge in [-0.1, -0.05) is 0 Å². The van der Waals surface area contributed by atoms with Crippen molar-refractivity contribution in [1.29, 1.82) is 0 Å². The number of nitrogens with one attached hydrogen (secondary N) is 1. The van der Waals surface area contributed by atoms with Crippen LogP contribution in [0.2, 0.25) is 0 Å². The number of hydrogen-bond acceptors (Lipinski definition) is 3. The van der Waals surface area contributed by atoms with Gasteiger partial charge in [-0.05, 0) is 6.07 Å². The minimum atomic E-state index is -0.303. The zero-order valence-electron chi connectivity index (χ0n) is 10.5. The molecular formula is C12H14N4O2. The van der Waals surface area contributed by atoms with Crippen LogP contribution in [0.1, 0.15) is 28.0 Å². The molecule has 18 heavy (non-hydrogen) atoms. The van der Waals surface area contributed by atoms with Gasteiger partial charge in [-0.15, -0.1) is 0 Å². The van der Waals surface area contributed by atoms with E-state index in [0.717, 1.165) is 0 Å². The fourth-order valence-electron chi connectivity index (χ4n) is 1.75. The van der Waals surface area contributed by atoms with Gasteiger partial charge in [0.1, 0.15) is 0 Å². The third-order valence-electron chi connectivity index (χ3n) is 2.65. The van der Waals surface area contributed by atoms with E-state index >= 15 is 0 Å². The second kappa shape index (κ2) is 4.48. The van der Waals surface area contributed by atoms with Crippen molar-refractivity contribution in [2.24, 2.45) is 14.1 Å². The molecule has 2 heterocycles. The number of imidazole rings is 1. The molecule has 0 saturated carbocycles. The number of amides is 1. The molecule has 2 rings (SSSR count). The van der Waals surface area contributed by atoms with Crippen LogP contribution in [0.3, 0.4) is 0 Å². The van der Waals surface area contributed by atoms with Crippen LogP contribution in [0.25, 0.3) is 0 Å². The molecule has 6 nitrogen and oxygen atoms in total. The average molecular weight is 246 g/mol. The molecule has 0 saturated heterocycles. The van der Waals surface area contributed by atoms with Crippen LogP contribution in [-0.2, 0) is 14.1 Å². The number of carbonyl (C=O) groups is 2. The topological polar surface area (TPSA) is 68.9 Å². The number of aromatic nitrogens is 3. The van der Waals surface area contributed by atoms with E-state index in [2.05, 4.69) is 10.3 Å². The van der Waals surface area contributed by atoms with Gasteiger partial charge >= 0.3 is 0 Å². The maximum absolute atomic E-state index is 11.9. The van der Waals surface area contributed by atoms with Crippen LogP contribution in [0, 0.1) is 0 Å². The van der Waals surface area contributed by atoms with E-state index in [-0.39, 0.29) is 11.7 Å². The largest absolute Gasteiger partial charge is 0.346 e. The Bertz CT molecular complexity index is 609. The highest BCUT2D eigenvalue weighted by molar-refractivity contribution is 6.03. The van der Waals surface area contributed by atoms with Crippen LogP contribution in [0.4, 0.5) is 5.69 Å². The summed E-state index contributed by atoms with van der Waals surface area (Å²) in [6.45, 7) is 1.49. The van der Waals surface area contributed by atoms with Gasteiger partial charge in [0.15, 0.2) is 11.6 Å². The summed E-state index contributed by atoms with van der Waals surface area (Å²) < 4.78 is 3.31. The fourth-order valence-corrected chi connectivity index (χ4v) is 1.75. The maximum atomic E-state index is 11.9. The molecule has 2 aromatic rings. The molecule has 0 radical (unpaired) electrons. The molecule has 0 spiro atoms. The minimum Gasteiger partial charge on any atom is -0.346 e. The first-order valence-electron chi connectivity index (χ1n) is 5.45. The Morgan fingerprint density at radius 2 is 2.00 bits per heavy atom. The van der Waals surface area contributed by atoms with Crippen LogP contribution < -0.4 is 5.32 Å². The second-order valence-corrected chi connectivity index (χ2v) is 4.10. The third-order valence-corrected chi connectivity index (χ3v) is 2.65. The highest BCUT2D eigenvalue weighted by Crippen LogP contribution is 2.14. The van der Waals surface area contributed by atoms with Crippen molar-refractivity contribution in [3.05, 3.63) is 36.2 Å². The Balaban J connectivity index is 2.20. The van der Waals surface area contributed by atoms with E-state index in [9.17, 15) is 9.59 Å². The molecule has 1 N–H and O–H groups in total. The molecule has 0 aromatic carbocycles. The lowest BCUT2D eigenvalue weighted by atomic mass is 10.3. The molecule has 0 unspecified atom stereocenters. The van der Waals surface area contributed by atoms with Gasteiger partial charge < -0.3 is 14.5 Å². The number of ketones is 1. The molecule has 6 heteroatoms. The number of aryl methyl sites for hydroxylation is 2. The minimum absolute atomic E-state index is 0.0463. The highest BCUT2D eigenvalue weighted by atomic mass is 16.2. The number of rotatable bonds is 3. The van der Waals surface area contributed by atoms with Crippen molar-refractivity contribution in [3.63, 3.8) is 0 Å². The summed E-state index contributed by atoms with van der Waals surface area (Å²) in [5.41, 5.74) is 1.13. The molecule has 1 amide bonds. The Morgan fingerprint density at radius 3 is 2.50 bits per heavy atom. The normalized spacial score (nSPS) is 10.4. The zero-order chi connectivity index (χ0) is 13.3. The van der Waals surface area contributed by atoms with E-state index in [1.165, 1.54) is 6.92 Å². The molecular weight excluding hydrogens is 232 g/mol. The van der Waals surface area contributed by atoms with Crippen molar-refractivity contribution in [1.82, 2.24) is 14.1 Å². The van der Waals surface area contributed by atoms with Gasteiger partial charge in [-0.2, -0.15) is 0 Å². The van der Waals surface area contributed by atoms with Crippen LogP contribution in [0.5, 0.6) is 0 Å². The van der Waals surface area contributed by atoms with Crippen molar-refractivity contribution >= 4 is 17.4 Å². The smallest absolute Gasteiger partial charge is 0.291 e. The molecule has 0 bridgehead atoms. The summed E-state index contributed by atoms with van der Waals surface area (Å²) in [6, 6.07) is 1.64. The van der Waals surface area contributed by atoms with Gasteiger partial charge in [-0.3, -0.25) is 9.59 Å². The van der Waals surface area contributed by atoms with Gasteiger partial charge in [0, 0.05) is 39.6 Å². The average Bonchev–Trinajstić information content (AvgIpc) is 2.84. The number of anilines is 1. The van der Waals surface area contributed by atoms with E-state index in [0.29, 0.717) is 17.2 Å². The Morgan fingerprint density at radius 1 is 1.28 bits per heavy atom. The van der Waals surface area contributed by atoms with Crippen LogP contribution in [-0.4, -0.2) is 25.8 Å². The Labute approximate surface area is 104 Å². The van der Waals surface area contributed by atoms with E-state index in [1.54, 1.807) is 47.9 Å². The summed E-state index contributed by atoms with van der Waals surface area (Å²) in [5, 5.41) is 2.71. The number of Topliss-reactive ketones (excluding diaryl/α,β-unsaturated/α-hetero) is 1. The van der Waals surface area contributed by atoms with Gasteiger partial charge in [0.25, 0.3) is 5.91 Å². The van der Waals surface area contributed by atoms with E-state index in [4.69, 9.17) is 0 Å². The molecule has 0 atom stereocenters. The number of hydrogen-bond donors (Lipinski definition) is 1. The fraction of sp³-hybridized carbons (Fsp3) is 0.250. The highest BCUT2D eigenvalue weighted by Gasteiger charge is 2.13. The molecule has 0 aliphatic rings. The lowest BCUT2D eigenvalue weighted by Crippen LogP contribution is -2.16. The van der Waals surface area contributed by atoms with E-state index < -0.39 is 0 Å². The zero-order valence-corrected chi connectivity index (χ0v) is 10.5. The predicted molar refractivity (Wildman–Crippen MR) is 66.6 cm³/mol. The molecule has 0 aliphatic heterocycles. The molecule has 94 valence electrons. The van der Waals surface area contributed by atoms with Crippen molar-refractivity contribution in [3.8, 4) is 0 Å². The van der Waals surface area contributed by atoms with Crippen molar-refractivity contribution in [2.75, 3.05) is 5.32 Å². The number of carbonyl (C=O) groups excluding carboxylic acids is 2. The summed E-state index contributed by atoms with van der Waals surface area (Å²) in [7, 11) is 3.50.